The maximum atomic E-state index is 11.6. The van der Waals surface area contributed by atoms with Crippen LogP contribution in [0.1, 0.15) is 0 Å². The lowest BCUT2D eigenvalue weighted by atomic mass is 10.3. The van der Waals surface area contributed by atoms with E-state index in [1.807, 2.05) is 12.1 Å². The standard InChI is InChI=1S/C12H16N6O2/c1-20-7-6-13-8-12(19)15-10-2-4-11(5-3-10)18-9-14-16-17-18/h2-5,9,13H,6-8H2,1H3,(H,15,19). The number of tetrazole rings is 1. The molecule has 20 heavy (non-hydrogen) atoms. The molecule has 0 unspecified atom stereocenters. The molecular weight excluding hydrogens is 260 g/mol. The molecule has 0 aliphatic carbocycles. The van der Waals surface area contributed by atoms with Crippen molar-refractivity contribution in [1.82, 2.24) is 25.5 Å². The smallest absolute Gasteiger partial charge is 0.238 e. The van der Waals surface area contributed by atoms with E-state index >= 15 is 0 Å². The van der Waals surface area contributed by atoms with E-state index in [9.17, 15) is 4.79 Å². The Bertz CT molecular complexity index is 525. The molecule has 0 spiro atoms. The van der Waals surface area contributed by atoms with Gasteiger partial charge in [0, 0.05) is 19.3 Å². The van der Waals surface area contributed by atoms with Gasteiger partial charge in [0.05, 0.1) is 18.8 Å². The number of carbonyl (C=O) groups excluding carboxylic acids is 1. The highest BCUT2D eigenvalue weighted by Gasteiger charge is 2.02. The van der Waals surface area contributed by atoms with Crippen LogP contribution >= 0.6 is 0 Å². The predicted octanol–water partition coefficient (Wildman–Crippen LogP) is -0.163. The van der Waals surface area contributed by atoms with Crippen LogP contribution in [-0.2, 0) is 9.53 Å². The molecule has 8 heteroatoms. The summed E-state index contributed by atoms with van der Waals surface area (Å²) in [4.78, 5) is 11.6. The number of aromatic nitrogens is 4. The van der Waals surface area contributed by atoms with Crippen LogP contribution in [0, 0.1) is 0 Å². The number of carbonyl (C=O) groups is 1. The highest BCUT2D eigenvalue weighted by molar-refractivity contribution is 5.92. The average molecular weight is 276 g/mol. The fraction of sp³-hybridized carbons (Fsp3) is 0.333. The van der Waals surface area contributed by atoms with Gasteiger partial charge in [-0.1, -0.05) is 0 Å². The zero-order valence-electron chi connectivity index (χ0n) is 11.1. The second kappa shape index (κ2) is 7.31. The fourth-order valence-corrected chi connectivity index (χ4v) is 1.56. The first kappa shape index (κ1) is 14.1. The van der Waals surface area contributed by atoms with Gasteiger partial charge in [0.15, 0.2) is 0 Å². The molecule has 0 saturated carbocycles. The molecule has 1 aromatic carbocycles. The van der Waals surface area contributed by atoms with Crippen molar-refractivity contribution < 1.29 is 9.53 Å². The molecule has 0 radical (unpaired) electrons. The van der Waals surface area contributed by atoms with Crippen LogP contribution in [0.3, 0.4) is 0 Å². The summed E-state index contributed by atoms with van der Waals surface area (Å²) in [6.07, 6.45) is 1.51. The Balaban J connectivity index is 1.83. The van der Waals surface area contributed by atoms with E-state index in [0.717, 1.165) is 11.4 Å². The van der Waals surface area contributed by atoms with Crippen LogP contribution in [0.4, 0.5) is 5.69 Å². The molecule has 0 bridgehead atoms. The number of hydrogen-bond donors (Lipinski definition) is 2. The van der Waals surface area contributed by atoms with Crippen molar-refractivity contribution in [3.05, 3.63) is 30.6 Å². The number of rotatable bonds is 7. The molecule has 0 aliphatic heterocycles. The van der Waals surface area contributed by atoms with Gasteiger partial charge in [0.2, 0.25) is 5.91 Å². The Morgan fingerprint density at radius 1 is 1.35 bits per heavy atom. The summed E-state index contributed by atoms with van der Waals surface area (Å²) in [5, 5.41) is 16.7. The molecule has 0 aliphatic rings. The lowest BCUT2D eigenvalue weighted by molar-refractivity contribution is -0.115. The molecule has 0 atom stereocenters. The van der Waals surface area contributed by atoms with E-state index in [-0.39, 0.29) is 12.5 Å². The zero-order valence-corrected chi connectivity index (χ0v) is 11.1. The van der Waals surface area contributed by atoms with Gasteiger partial charge in [-0.05, 0) is 34.7 Å². The van der Waals surface area contributed by atoms with Crippen molar-refractivity contribution in [3.63, 3.8) is 0 Å². The normalized spacial score (nSPS) is 10.4. The van der Waals surface area contributed by atoms with Crippen molar-refractivity contribution >= 4 is 11.6 Å². The molecule has 0 saturated heterocycles. The summed E-state index contributed by atoms with van der Waals surface area (Å²) in [7, 11) is 1.62. The van der Waals surface area contributed by atoms with E-state index in [4.69, 9.17) is 4.74 Å². The number of nitrogens with one attached hydrogen (secondary N) is 2. The number of methoxy groups -OCH3 is 1. The molecule has 8 nitrogen and oxygen atoms in total. The van der Waals surface area contributed by atoms with E-state index < -0.39 is 0 Å². The Labute approximate surface area is 116 Å². The van der Waals surface area contributed by atoms with Crippen LogP contribution in [0.5, 0.6) is 0 Å². The van der Waals surface area contributed by atoms with Crippen molar-refractivity contribution in [2.75, 3.05) is 32.1 Å². The van der Waals surface area contributed by atoms with Crippen LogP contribution in [0.15, 0.2) is 30.6 Å². The van der Waals surface area contributed by atoms with Gasteiger partial charge in [-0.2, -0.15) is 0 Å². The van der Waals surface area contributed by atoms with E-state index in [1.54, 1.807) is 19.2 Å². The van der Waals surface area contributed by atoms with Crippen LogP contribution in [0.25, 0.3) is 5.69 Å². The first-order valence-electron chi connectivity index (χ1n) is 6.12. The summed E-state index contributed by atoms with van der Waals surface area (Å²) >= 11 is 0. The molecule has 2 N–H and O–H groups in total. The lowest BCUT2D eigenvalue weighted by Gasteiger charge is -2.07. The van der Waals surface area contributed by atoms with Crippen LogP contribution in [-0.4, -0.2) is 52.9 Å². The van der Waals surface area contributed by atoms with Crippen molar-refractivity contribution in [2.45, 2.75) is 0 Å². The number of nitrogens with zero attached hydrogens (tertiary/aromatic N) is 4. The second-order valence-corrected chi connectivity index (χ2v) is 4.02. The maximum absolute atomic E-state index is 11.6. The summed E-state index contributed by atoms with van der Waals surface area (Å²) < 4.78 is 6.42. The van der Waals surface area contributed by atoms with Crippen LogP contribution < -0.4 is 10.6 Å². The van der Waals surface area contributed by atoms with E-state index in [0.29, 0.717) is 13.2 Å². The predicted molar refractivity (Wildman–Crippen MR) is 72.5 cm³/mol. The monoisotopic (exact) mass is 276 g/mol. The molecule has 1 heterocycles. The molecule has 1 aromatic heterocycles. The SMILES string of the molecule is COCCNCC(=O)Nc1ccc(-n2cnnn2)cc1. The van der Waals surface area contributed by atoms with Crippen molar-refractivity contribution in [3.8, 4) is 5.69 Å². The summed E-state index contributed by atoms with van der Waals surface area (Å²) in [6.45, 7) is 1.47. The minimum absolute atomic E-state index is 0.101. The number of benzene rings is 1. The summed E-state index contributed by atoms with van der Waals surface area (Å²) in [5.74, 6) is -0.101. The van der Waals surface area contributed by atoms with Crippen LogP contribution in [0.2, 0.25) is 0 Å². The van der Waals surface area contributed by atoms with Gasteiger partial charge in [0.1, 0.15) is 6.33 Å². The van der Waals surface area contributed by atoms with E-state index in [1.165, 1.54) is 11.0 Å². The second-order valence-electron chi connectivity index (χ2n) is 4.02. The molecular formula is C12H16N6O2. The fourth-order valence-electron chi connectivity index (χ4n) is 1.56. The third kappa shape index (κ3) is 4.11. The summed E-state index contributed by atoms with van der Waals surface area (Å²) in [5.41, 5.74) is 1.55. The lowest BCUT2D eigenvalue weighted by Crippen LogP contribution is -2.30. The molecule has 1 amide bonds. The first-order valence-corrected chi connectivity index (χ1v) is 6.12. The van der Waals surface area contributed by atoms with Crippen molar-refractivity contribution in [2.24, 2.45) is 0 Å². The van der Waals surface area contributed by atoms with Gasteiger partial charge in [-0.25, -0.2) is 4.68 Å². The molecule has 2 aromatic rings. The zero-order chi connectivity index (χ0) is 14.2. The van der Waals surface area contributed by atoms with Crippen molar-refractivity contribution in [1.29, 1.82) is 0 Å². The third-order valence-corrected chi connectivity index (χ3v) is 2.53. The first-order chi connectivity index (χ1) is 9.79. The Kier molecular flexibility index (Phi) is 5.15. The van der Waals surface area contributed by atoms with Gasteiger partial charge in [-0.15, -0.1) is 5.10 Å². The Hall–Kier alpha value is -2.32. The number of ether oxygens (including phenoxy) is 1. The highest BCUT2D eigenvalue weighted by Crippen LogP contribution is 2.11. The van der Waals surface area contributed by atoms with Gasteiger partial charge in [-0.3, -0.25) is 4.79 Å². The minimum Gasteiger partial charge on any atom is -0.383 e. The maximum Gasteiger partial charge on any atom is 0.238 e. The largest absolute Gasteiger partial charge is 0.383 e. The van der Waals surface area contributed by atoms with E-state index in [2.05, 4.69) is 26.2 Å². The van der Waals surface area contributed by atoms with Gasteiger partial charge >= 0.3 is 0 Å². The average Bonchev–Trinajstić information content (AvgIpc) is 2.99. The summed E-state index contributed by atoms with van der Waals surface area (Å²) in [6, 6.07) is 7.24. The number of hydrogen-bond acceptors (Lipinski definition) is 6. The molecule has 106 valence electrons. The van der Waals surface area contributed by atoms with Gasteiger partial charge in [0.25, 0.3) is 0 Å². The topological polar surface area (TPSA) is 94.0 Å². The number of amides is 1. The number of anilines is 1. The third-order valence-electron chi connectivity index (χ3n) is 2.53. The Morgan fingerprint density at radius 2 is 2.15 bits per heavy atom. The highest BCUT2D eigenvalue weighted by atomic mass is 16.5. The molecule has 2 rings (SSSR count). The van der Waals surface area contributed by atoms with Gasteiger partial charge < -0.3 is 15.4 Å². The molecule has 0 fully saturated rings. The Morgan fingerprint density at radius 3 is 2.80 bits per heavy atom. The quantitative estimate of drug-likeness (QED) is 0.682. The minimum atomic E-state index is -0.101.